The van der Waals surface area contributed by atoms with Gasteiger partial charge in [0, 0.05) is 42.1 Å². The van der Waals surface area contributed by atoms with Crippen LogP contribution in [0.25, 0.3) is 5.70 Å². The highest BCUT2D eigenvalue weighted by atomic mass is 16.5. The largest absolute Gasteiger partial charge is 0.397 e. The first kappa shape index (κ1) is 27.7. The maximum Gasteiger partial charge on any atom is 0.255 e. The summed E-state index contributed by atoms with van der Waals surface area (Å²) in [4.78, 5) is 22.9. The molecule has 1 saturated heterocycles. The van der Waals surface area contributed by atoms with Gasteiger partial charge in [-0.3, -0.25) is 9.79 Å². The lowest BCUT2D eigenvalue weighted by Gasteiger charge is -2.20. The Morgan fingerprint density at radius 1 is 0.976 bits per heavy atom. The maximum atomic E-state index is 13.1. The summed E-state index contributed by atoms with van der Waals surface area (Å²) in [5, 5.41) is 6.49. The molecule has 0 saturated carbocycles. The van der Waals surface area contributed by atoms with E-state index in [0.717, 1.165) is 73.8 Å². The normalized spacial score (nSPS) is 20.2. The number of ether oxygens (including phenoxy) is 1. The van der Waals surface area contributed by atoms with Gasteiger partial charge in [-0.1, -0.05) is 48.6 Å². The highest BCUT2D eigenvalue weighted by Gasteiger charge is 2.25. The third-order valence-corrected chi connectivity index (χ3v) is 8.14. The van der Waals surface area contributed by atoms with E-state index in [2.05, 4.69) is 47.1 Å². The van der Waals surface area contributed by atoms with Crippen molar-refractivity contribution in [2.75, 3.05) is 29.6 Å². The number of carbonyl (C=O) groups excluding carboxylic acids is 1. The van der Waals surface area contributed by atoms with Crippen LogP contribution in [-0.2, 0) is 11.2 Å². The van der Waals surface area contributed by atoms with Crippen molar-refractivity contribution in [3.05, 3.63) is 108 Å². The van der Waals surface area contributed by atoms with Crippen molar-refractivity contribution in [2.45, 2.75) is 38.5 Å². The summed E-state index contributed by atoms with van der Waals surface area (Å²) in [5.41, 5.74) is 12.7. The van der Waals surface area contributed by atoms with Crippen LogP contribution in [0.4, 0.5) is 17.1 Å². The van der Waals surface area contributed by atoms with Gasteiger partial charge in [-0.2, -0.15) is 0 Å². The van der Waals surface area contributed by atoms with Crippen molar-refractivity contribution in [3.63, 3.8) is 0 Å². The van der Waals surface area contributed by atoms with Crippen LogP contribution in [0, 0.1) is 11.8 Å². The number of carbonyl (C=O) groups is 1. The van der Waals surface area contributed by atoms with Crippen molar-refractivity contribution < 1.29 is 9.53 Å². The first-order valence-electron chi connectivity index (χ1n) is 14.8. The van der Waals surface area contributed by atoms with Crippen molar-refractivity contribution in [3.8, 4) is 0 Å². The Hall–Kier alpha value is -4.49. The first-order valence-corrected chi connectivity index (χ1v) is 14.8. The van der Waals surface area contributed by atoms with E-state index in [4.69, 9.17) is 20.5 Å². The molecule has 7 heteroatoms. The number of amides is 1. The topological polar surface area (TPSA) is 101 Å². The molecule has 2 unspecified atom stereocenters. The average molecular weight is 560 g/mol. The van der Waals surface area contributed by atoms with E-state index in [-0.39, 0.29) is 11.8 Å². The second kappa shape index (κ2) is 13.0. The Balaban J connectivity index is 1.22. The molecule has 2 atom stereocenters. The van der Waals surface area contributed by atoms with Crippen molar-refractivity contribution in [1.82, 2.24) is 0 Å². The van der Waals surface area contributed by atoms with Gasteiger partial charge in [0.05, 0.1) is 22.8 Å². The zero-order chi connectivity index (χ0) is 28.7. The molecule has 1 amide bonds. The smallest absolute Gasteiger partial charge is 0.255 e. The number of rotatable bonds is 6. The molecule has 42 heavy (non-hydrogen) atoms. The third kappa shape index (κ3) is 6.69. The molecule has 7 nitrogen and oxygen atoms in total. The van der Waals surface area contributed by atoms with Gasteiger partial charge in [0.1, 0.15) is 0 Å². The number of nitrogens with one attached hydrogen (secondary N) is 2. The molecule has 0 radical (unpaired) electrons. The van der Waals surface area contributed by atoms with Crippen LogP contribution in [0.3, 0.4) is 0 Å². The molecule has 0 aliphatic carbocycles. The van der Waals surface area contributed by atoms with Gasteiger partial charge < -0.3 is 21.1 Å². The van der Waals surface area contributed by atoms with Crippen LogP contribution in [0.15, 0.2) is 101 Å². The number of anilines is 3. The van der Waals surface area contributed by atoms with E-state index in [9.17, 15) is 4.79 Å². The summed E-state index contributed by atoms with van der Waals surface area (Å²) in [6, 6.07) is 23.5. The van der Waals surface area contributed by atoms with Crippen LogP contribution < -0.4 is 16.4 Å². The minimum atomic E-state index is -0.218. The summed E-state index contributed by atoms with van der Waals surface area (Å²) in [5.74, 6) is 1.44. The SMILES string of the molecule is Nc1ccccc1NC(=O)c1cccc(C2=CCC3CC=CN=C3C(Nc3ccc(CC4CCCOCC4)cc3)=N2)c1. The van der Waals surface area contributed by atoms with Crippen LogP contribution in [-0.4, -0.2) is 30.7 Å². The van der Waals surface area contributed by atoms with Gasteiger partial charge in [0.25, 0.3) is 5.91 Å². The predicted octanol–water partition coefficient (Wildman–Crippen LogP) is 7.11. The molecule has 214 valence electrons. The second-order valence-corrected chi connectivity index (χ2v) is 11.2. The van der Waals surface area contributed by atoms with Crippen molar-refractivity contribution in [2.24, 2.45) is 21.8 Å². The lowest BCUT2D eigenvalue weighted by atomic mass is 9.92. The van der Waals surface area contributed by atoms with E-state index in [0.29, 0.717) is 22.9 Å². The van der Waals surface area contributed by atoms with Crippen LogP contribution >= 0.6 is 0 Å². The van der Waals surface area contributed by atoms with Gasteiger partial charge in [-0.05, 0) is 86.4 Å². The minimum Gasteiger partial charge on any atom is -0.397 e. The van der Waals surface area contributed by atoms with Gasteiger partial charge in [0.2, 0.25) is 0 Å². The summed E-state index contributed by atoms with van der Waals surface area (Å²) in [7, 11) is 0. The minimum absolute atomic E-state index is 0.218. The Kier molecular flexibility index (Phi) is 8.56. The number of para-hydroxylation sites is 2. The molecule has 4 N–H and O–H groups in total. The van der Waals surface area contributed by atoms with Gasteiger partial charge >= 0.3 is 0 Å². The number of benzene rings is 3. The fraction of sp³-hybridized carbons (Fsp3) is 0.286. The Labute approximate surface area is 247 Å². The first-order chi connectivity index (χ1) is 20.6. The number of aliphatic imine (C=N–C) groups is 2. The van der Waals surface area contributed by atoms with Gasteiger partial charge in [0.15, 0.2) is 5.84 Å². The van der Waals surface area contributed by atoms with Crippen molar-refractivity contribution in [1.29, 1.82) is 0 Å². The van der Waals surface area contributed by atoms with Crippen LogP contribution in [0.2, 0.25) is 0 Å². The van der Waals surface area contributed by atoms with Crippen LogP contribution in [0.5, 0.6) is 0 Å². The molecule has 6 rings (SSSR count). The Morgan fingerprint density at radius 3 is 2.74 bits per heavy atom. The predicted molar refractivity (Wildman–Crippen MR) is 172 cm³/mol. The quantitative estimate of drug-likeness (QED) is 0.280. The molecule has 1 fully saturated rings. The van der Waals surface area contributed by atoms with Gasteiger partial charge in [-0.15, -0.1) is 0 Å². The zero-order valence-corrected chi connectivity index (χ0v) is 23.8. The molecular weight excluding hydrogens is 522 g/mol. The number of allylic oxidation sites excluding steroid dienone is 2. The third-order valence-electron chi connectivity index (χ3n) is 8.14. The van der Waals surface area contributed by atoms with Crippen molar-refractivity contribution >= 4 is 40.2 Å². The maximum absolute atomic E-state index is 13.1. The summed E-state index contributed by atoms with van der Waals surface area (Å²) in [6.45, 7) is 1.76. The lowest BCUT2D eigenvalue weighted by molar-refractivity contribution is 0.102. The number of nitrogens with two attached hydrogens (primary N) is 1. The average Bonchev–Trinajstić information content (AvgIpc) is 3.39. The number of nitrogen functional groups attached to an aromatic ring is 1. The summed E-state index contributed by atoms with van der Waals surface area (Å²) in [6.07, 6.45) is 12.4. The molecule has 0 aromatic heterocycles. The number of nitrogens with zero attached hydrogens (tertiary/aromatic N) is 2. The molecule has 0 bridgehead atoms. The molecule has 0 spiro atoms. The fourth-order valence-corrected chi connectivity index (χ4v) is 5.78. The van der Waals surface area contributed by atoms with E-state index in [1.165, 1.54) is 12.0 Å². The highest BCUT2D eigenvalue weighted by molar-refractivity contribution is 6.47. The molecular formula is C35H37N5O2. The van der Waals surface area contributed by atoms with E-state index < -0.39 is 0 Å². The Bertz CT molecular complexity index is 1550. The summed E-state index contributed by atoms with van der Waals surface area (Å²) >= 11 is 0. The number of hydrogen-bond donors (Lipinski definition) is 3. The van der Waals surface area contributed by atoms with E-state index in [1.54, 1.807) is 18.2 Å². The number of hydrogen-bond acceptors (Lipinski definition) is 6. The highest BCUT2D eigenvalue weighted by Crippen LogP contribution is 2.29. The zero-order valence-electron chi connectivity index (χ0n) is 23.8. The monoisotopic (exact) mass is 559 g/mol. The lowest BCUT2D eigenvalue weighted by Crippen LogP contribution is -2.30. The van der Waals surface area contributed by atoms with E-state index in [1.807, 2.05) is 36.5 Å². The van der Waals surface area contributed by atoms with Gasteiger partial charge in [-0.25, -0.2) is 4.99 Å². The molecule has 3 aromatic rings. The molecule has 3 aliphatic heterocycles. The fourth-order valence-electron chi connectivity index (χ4n) is 5.78. The van der Waals surface area contributed by atoms with E-state index >= 15 is 0 Å². The standard InChI is InChI=1S/C35H37N5O2/c36-30-10-1-2-11-32(30)40-35(41)28-8-3-7-27(23-28)31-17-14-26-9-4-19-37-33(26)34(39-31)38-29-15-12-25(13-16-29)22-24-6-5-20-42-21-18-24/h1-4,7-8,10-13,15-17,19,23-24,26H,5-6,9,14,18,20-22,36H2,(H,38,39)(H,40,41). The number of amidine groups is 1. The number of fused-ring (bicyclic) bond motifs is 1. The van der Waals surface area contributed by atoms with Crippen LogP contribution in [0.1, 0.15) is 53.6 Å². The molecule has 3 aliphatic rings. The summed E-state index contributed by atoms with van der Waals surface area (Å²) < 4.78 is 5.64. The molecule has 3 aromatic carbocycles. The Morgan fingerprint density at radius 2 is 1.86 bits per heavy atom. The molecule has 3 heterocycles. The second-order valence-electron chi connectivity index (χ2n) is 11.2.